The average molecular weight is 527 g/mol. The summed E-state index contributed by atoms with van der Waals surface area (Å²) in [6.07, 6.45) is -0.680. The number of nitrogens with one attached hydrogen (secondary N) is 1. The molecule has 200 valence electrons. The lowest BCUT2D eigenvalue weighted by atomic mass is 9.95. The van der Waals surface area contributed by atoms with E-state index in [0.717, 1.165) is 22.1 Å². The molecule has 2 heterocycles. The highest BCUT2D eigenvalue weighted by Crippen LogP contribution is 2.38. The molecule has 38 heavy (non-hydrogen) atoms. The maximum absolute atomic E-state index is 13.5. The van der Waals surface area contributed by atoms with E-state index in [1.54, 1.807) is 26.2 Å². The van der Waals surface area contributed by atoms with Crippen LogP contribution in [0.5, 0.6) is 5.75 Å². The van der Waals surface area contributed by atoms with Crippen LogP contribution in [0.3, 0.4) is 0 Å². The summed E-state index contributed by atoms with van der Waals surface area (Å²) in [5, 5.41) is 2.51. The van der Waals surface area contributed by atoms with Gasteiger partial charge in [-0.05, 0) is 73.9 Å². The van der Waals surface area contributed by atoms with Gasteiger partial charge in [0.2, 0.25) is 5.91 Å². The Kier molecular flexibility index (Phi) is 7.61. The minimum Gasteiger partial charge on any atom is -0.494 e. The van der Waals surface area contributed by atoms with Crippen LogP contribution in [0, 0.1) is 0 Å². The van der Waals surface area contributed by atoms with Crippen LogP contribution in [-0.2, 0) is 15.8 Å². The van der Waals surface area contributed by atoms with Crippen molar-refractivity contribution in [1.29, 1.82) is 0 Å². The van der Waals surface area contributed by atoms with Gasteiger partial charge in [0.05, 0.1) is 12.2 Å². The van der Waals surface area contributed by atoms with E-state index in [1.807, 2.05) is 36.4 Å². The van der Waals surface area contributed by atoms with Gasteiger partial charge in [-0.2, -0.15) is 13.2 Å². The molecule has 3 aromatic rings. The van der Waals surface area contributed by atoms with Gasteiger partial charge in [0, 0.05) is 37.4 Å². The Morgan fingerprint density at radius 3 is 2.29 bits per heavy atom. The quantitative estimate of drug-likeness (QED) is 0.407. The Morgan fingerprint density at radius 2 is 1.66 bits per heavy atom. The number of pyridine rings is 1. The fourth-order valence-electron chi connectivity index (χ4n) is 4.52. The monoisotopic (exact) mass is 526 g/mol. The van der Waals surface area contributed by atoms with Gasteiger partial charge in [-0.3, -0.25) is 14.6 Å². The summed E-state index contributed by atoms with van der Waals surface area (Å²) < 4.78 is 46.4. The highest BCUT2D eigenvalue weighted by molar-refractivity contribution is 6.08. The number of rotatable bonds is 8. The van der Waals surface area contributed by atoms with E-state index in [1.165, 1.54) is 24.1 Å². The molecule has 1 aliphatic heterocycles. The lowest BCUT2D eigenvalue weighted by Gasteiger charge is -2.45. The van der Waals surface area contributed by atoms with Crippen LogP contribution < -0.4 is 15.0 Å². The molecule has 0 saturated carbocycles. The Morgan fingerprint density at radius 1 is 1.00 bits per heavy atom. The smallest absolute Gasteiger partial charge is 0.418 e. The molecule has 2 amide bonds. The summed E-state index contributed by atoms with van der Waals surface area (Å²) in [4.78, 5) is 33.0. The van der Waals surface area contributed by atoms with Crippen molar-refractivity contribution in [3.05, 3.63) is 72.6 Å². The maximum atomic E-state index is 13.5. The van der Waals surface area contributed by atoms with Crippen molar-refractivity contribution >= 4 is 23.2 Å². The summed E-state index contributed by atoms with van der Waals surface area (Å²) in [5.41, 5.74) is -0.133. The third-order valence-electron chi connectivity index (χ3n) is 6.59. The molecule has 0 spiro atoms. The zero-order valence-corrected chi connectivity index (χ0v) is 21.4. The van der Waals surface area contributed by atoms with Crippen molar-refractivity contribution in [1.82, 2.24) is 9.88 Å². The van der Waals surface area contributed by atoms with E-state index < -0.39 is 23.2 Å². The molecule has 4 rings (SSSR count). The fraction of sp³-hybridized carbons (Fsp3) is 0.321. The van der Waals surface area contributed by atoms with Crippen LogP contribution in [0.25, 0.3) is 11.1 Å². The number of carbonyl (C=O) groups excluding carboxylic acids is 2. The SMILES string of the molecule is CNc1ccc(N2CC(=O)N(CCCOc3ccc(-c4ccncc4)cc3)C(C)(C)C2=O)cc1C(F)(F)F. The average Bonchev–Trinajstić information content (AvgIpc) is 2.90. The first-order chi connectivity index (χ1) is 18.0. The molecule has 1 aromatic heterocycles. The number of aromatic nitrogens is 1. The van der Waals surface area contributed by atoms with E-state index in [2.05, 4.69) is 10.3 Å². The Bertz CT molecular complexity index is 1290. The van der Waals surface area contributed by atoms with E-state index in [0.29, 0.717) is 18.8 Å². The molecule has 0 radical (unpaired) electrons. The molecular weight excluding hydrogens is 497 g/mol. The highest BCUT2D eigenvalue weighted by Gasteiger charge is 2.46. The number of alkyl halides is 3. The molecule has 0 atom stereocenters. The van der Waals surface area contributed by atoms with Crippen molar-refractivity contribution in [3.8, 4) is 16.9 Å². The van der Waals surface area contributed by atoms with Gasteiger partial charge in [0.25, 0.3) is 5.91 Å². The Balaban J connectivity index is 1.38. The number of benzene rings is 2. The zero-order chi connectivity index (χ0) is 27.5. The van der Waals surface area contributed by atoms with Crippen LogP contribution in [0.4, 0.5) is 24.5 Å². The molecule has 1 N–H and O–H groups in total. The molecule has 2 aromatic carbocycles. The van der Waals surface area contributed by atoms with E-state index in [9.17, 15) is 22.8 Å². The first-order valence-corrected chi connectivity index (χ1v) is 12.2. The van der Waals surface area contributed by atoms with Crippen molar-refractivity contribution in [2.24, 2.45) is 0 Å². The first-order valence-electron chi connectivity index (χ1n) is 12.2. The minimum absolute atomic E-state index is 0.0287. The van der Waals surface area contributed by atoms with Crippen LogP contribution in [0.1, 0.15) is 25.8 Å². The molecule has 0 bridgehead atoms. The van der Waals surface area contributed by atoms with E-state index in [4.69, 9.17) is 4.74 Å². The second-order valence-corrected chi connectivity index (χ2v) is 9.44. The van der Waals surface area contributed by atoms with E-state index >= 15 is 0 Å². The molecular formula is C28H29F3N4O3. The lowest BCUT2D eigenvalue weighted by Crippen LogP contribution is -2.66. The van der Waals surface area contributed by atoms with Crippen LogP contribution >= 0.6 is 0 Å². The fourth-order valence-corrected chi connectivity index (χ4v) is 4.52. The van der Waals surface area contributed by atoms with E-state index in [-0.39, 0.29) is 30.4 Å². The number of halogens is 3. The summed E-state index contributed by atoms with van der Waals surface area (Å²) in [6.45, 7) is 3.46. The predicted molar refractivity (Wildman–Crippen MR) is 139 cm³/mol. The predicted octanol–water partition coefficient (Wildman–Crippen LogP) is 5.23. The molecule has 1 aliphatic rings. The first kappa shape index (κ1) is 27.0. The third-order valence-corrected chi connectivity index (χ3v) is 6.59. The number of anilines is 2. The van der Waals surface area contributed by atoms with Gasteiger partial charge >= 0.3 is 6.18 Å². The number of carbonyl (C=O) groups is 2. The second kappa shape index (κ2) is 10.7. The van der Waals surface area contributed by atoms with Gasteiger partial charge in [0.1, 0.15) is 17.8 Å². The van der Waals surface area contributed by atoms with Crippen molar-refractivity contribution in [2.45, 2.75) is 32.0 Å². The van der Waals surface area contributed by atoms with Crippen LogP contribution in [0.15, 0.2) is 67.0 Å². The number of ether oxygens (including phenoxy) is 1. The zero-order valence-electron chi connectivity index (χ0n) is 21.4. The standard InChI is InChI=1S/C28H29F3N4O3/c1-27(2)26(37)34(21-7-10-24(32-3)23(17-21)28(29,30)31)18-25(36)35(27)15-4-16-38-22-8-5-19(6-9-22)20-11-13-33-14-12-20/h5-14,17,32H,4,15-16,18H2,1-3H3. The highest BCUT2D eigenvalue weighted by atomic mass is 19.4. The largest absolute Gasteiger partial charge is 0.494 e. The summed E-state index contributed by atoms with van der Waals surface area (Å²) >= 11 is 0. The van der Waals surface area contributed by atoms with Crippen molar-refractivity contribution in [3.63, 3.8) is 0 Å². The van der Waals surface area contributed by atoms with Gasteiger partial charge in [-0.25, -0.2) is 0 Å². The molecule has 7 nitrogen and oxygen atoms in total. The van der Waals surface area contributed by atoms with Crippen LogP contribution in [-0.4, -0.2) is 54.0 Å². The number of piperazine rings is 1. The van der Waals surface area contributed by atoms with Gasteiger partial charge in [0.15, 0.2) is 0 Å². The lowest BCUT2D eigenvalue weighted by molar-refractivity contribution is -0.148. The van der Waals surface area contributed by atoms with Crippen molar-refractivity contribution in [2.75, 3.05) is 37.0 Å². The topological polar surface area (TPSA) is 74.8 Å². The summed E-state index contributed by atoms with van der Waals surface area (Å²) in [6, 6.07) is 15.0. The molecule has 0 aliphatic carbocycles. The molecule has 1 fully saturated rings. The normalized spacial score (nSPS) is 15.5. The third kappa shape index (κ3) is 5.58. The number of amides is 2. The molecule has 1 saturated heterocycles. The van der Waals surface area contributed by atoms with Crippen LogP contribution in [0.2, 0.25) is 0 Å². The Hall–Kier alpha value is -4.08. The van der Waals surface area contributed by atoms with Crippen molar-refractivity contribution < 1.29 is 27.5 Å². The second-order valence-electron chi connectivity index (χ2n) is 9.44. The number of hydrogen-bond acceptors (Lipinski definition) is 5. The molecule has 0 unspecified atom stereocenters. The molecule has 10 heteroatoms. The van der Waals surface area contributed by atoms with Gasteiger partial charge < -0.3 is 19.9 Å². The van der Waals surface area contributed by atoms with Gasteiger partial charge in [-0.15, -0.1) is 0 Å². The number of hydrogen-bond donors (Lipinski definition) is 1. The maximum Gasteiger partial charge on any atom is 0.418 e. The Labute approximate surface area is 219 Å². The van der Waals surface area contributed by atoms with Gasteiger partial charge in [-0.1, -0.05) is 12.1 Å². The minimum atomic E-state index is -4.61. The number of nitrogens with zero attached hydrogens (tertiary/aromatic N) is 3. The summed E-state index contributed by atoms with van der Waals surface area (Å²) in [7, 11) is 1.39. The summed E-state index contributed by atoms with van der Waals surface area (Å²) in [5.74, 6) is -0.114.